The molecule has 6 nitrogen and oxygen atoms in total. The van der Waals surface area contributed by atoms with Crippen LogP contribution in [0.4, 0.5) is 11.4 Å². The average molecular weight is 1000 g/mol. The lowest BCUT2D eigenvalue weighted by molar-refractivity contribution is 1.08. The SMILES string of the molecule is C=C1/C=C(n2c3ccccc3c3ccccc32)\C=C/CN(c2ccccc2)c2ccc(-c3ccc4c(c3)c3ccccc3n4-c3cccc4c3sc3c(-c5nc(-c6ccccc6)nc(-c6ccccc6)n5)cccc34)cc21. The largest absolute Gasteiger partial charge is 0.337 e. The normalized spacial score (nSPS) is 14.0. The van der Waals surface area contributed by atoms with E-state index in [0.29, 0.717) is 24.0 Å². The van der Waals surface area contributed by atoms with Crippen molar-refractivity contribution in [3.05, 3.63) is 267 Å². The molecule has 0 aliphatic carbocycles. The van der Waals surface area contributed by atoms with Crippen LogP contribution in [0.5, 0.6) is 0 Å². The van der Waals surface area contributed by atoms with Gasteiger partial charge in [-0.15, -0.1) is 11.3 Å². The van der Waals surface area contributed by atoms with Gasteiger partial charge in [0.25, 0.3) is 0 Å². The minimum Gasteiger partial charge on any atom is -0.337 e. The molecule has 0 unspecified atom stereocenters. The highest BCUT2D eigenvalue weighted by atomic mass is 32.1. The van der Waals surface area contributed by atoms with Gasteiger partial charge < -0.3 is 14.0 Å². The van der Waals surface area contributed by atoms with Gasteiger partial charge in [-0.3, -0.25) is 0 Å². The molecule has 77 heavy (non-hydrogen) atoms. The lowest BCUT2D eigenvalue weighted by Gasteiger charge is -2.26. The third kappa shape index (κ3) is 7.42. The summed E-state index contributed by atoms with van der Waals surface area (Å²) in [7, 11) is 0. The molecule has 0 bridgehead atoms. The van der Waals surface area contributed by atoms with Crippen molar-refractivity contribution in [1.82, 2.24) is 24.1 Å². The van der Waals surface area contributed by atoms with Crippen LogP contribution in [0.15, 0.2) is 261 Å². The van der Waals surface area contributed by atoms with Crippen molar-refractivity contribution >= 4 is 97.8 Å². The molecular weight excluding hydrogens is 957 g/mol. The highest BCUT2D eigenvalue weighted by molar-refractivity contribution is 7.26. The monoisotopic (exact) mass is 1000 g/mol. The Bertz CT molecular complexity index is 4620. The molecule has 0 amide bonds. The molecule has 362 valence electrons. The summed E-state index contributed by atoms with van der Waals surface area (Å²) in [5.41, 5.74) is 16.2. The fourth-order valence-electron chi connectivity index (χ4n) is 11.6. The Morgan fingerprint density at radius 2 is 0.896 bits per heavy atom. The number of anilines is 2. The van der Waals surface area contributed by atoms with E-state index >= 15 is 0 Å². The van der Waals surface area contributed by atoms with Gasteiger partial charge in [0.05, 0.1) is 32.5 Å². The van der Waals surface area contributed by atoms with E-state index in [4.69, 9.17) is 21.5 Å². The van der Waals surface area contributed by atoms with Gasteiger partial charge in [-0.1, -0.05) is 183 Å². The van der Waals surface area contributed by atoms with Crippen LogP contribution in [0.1, 0.15) is 5.56 Å². The minimum atomic E-state index is 0.646. The molecule has 0 atom stereocenters. The Labute approximate surface area is 448 Å². The summed E-state index contributed by atoms with van der Waals surface area (Å²) in [4.78, 5) is 17.7. The number of benzene rings is 10. The maximum absolute atomic E-state index is 5.16. The second-order valence-corrected chi connectivity index (χ2v) is 20.6. The van der Waals surface area contributed by atoms with Gasteiger partial charge in [-0.2, -0.15) is 0 Å². The molecular formula is C70H46N6S. The number of hydrogen-bond donors (Lipinski definition) is 0. The van der Waals surface area contributed by atoms with E-state index in [2.05, 4.69) is 232 Å². The van der Waals surface area contributed by atoms with Crippen LogP contribution in [0.3, 0.4) is 0 Å². The molecule has 0 fully saturated rings. The summed E-state index contributed by atoms with van der Waals surface area (Å²) in [6.45, 7) is 5.52. The maximum atomic E-state index is 5.16. The first-order valence-corrected chi connectivity index (χ1v) is 26.8. The Kier molecular flexibility index (Phi) is 10.5. The molecule has 1 aliphatic rings. The van der Waals surface area contributed by atoms with Crippen LogP contribution in [0, 0.1) is 0 Å². The van der Waals surface area contributed by atoms with Crippen LogP contribution in [-0.4, -0.2) is 30.6 Å². The fourth-order valence-corrected chi connectivity index (χ4v) is 12.9. The number of rotatable bonds is 7. The van der Waals surface area contributed by atoms with E-state index in [1.165, 1.54) is 48.1 Å². The summed E-state index contributed by atoms with van der Waals surface area (Å²) in [6.07, 6.45) is 6.79. The summed E-state index contributed by atoms with van der Waals surface area (Å²) in [5.74, 6) is 1.94. The molecule has 0 spiro atoms. The predicted molar refractivity (Wildman–Crippen MR) is 324 cm³/mol. The molecule has 15 rings (SSSR count). The number of thiophene rings is 1. The lowest BCUT2D eigenvalue weighted by Crippen LogP contribution is -2.18. The second kappa shape index (κ2) is 18.2. The number of hydrogen-bond acceptors (Lipinski definition) is 5. The van der Waals surface area contributed by atoms with E-state index in [1.54, 1.807) is 11.3 Å². The third-order valence-corrected chi connectivity index (χ3v) is 16.4. The fraction of sp³-hybridized carbons (Fsp3) is 0.0143. The Morgan fingerprint density at radius 1 is 0.377 bits per heavy atom. The van der Waals surface area contributed by atoms with E-state index < -0.39 is 0 Å². The first-order valence-electron chi connectivity index (χ1n) is 26.0. The van der Waals surface area contributed by atoms with Gasteiger partial charge in [-0.05, 0) is 95.6 Å². The van der Waals surface area contributed by atoms with Gasteiger partial charge in [0.15, 0.2) is 17.5 Å². The van der Waals surface area contributed by atoms with Gasteiger partial charge in [0.1, 0.15) is 0 Å². The molecule has 4 aromatic heterocycles. The Morgan fingerprint density at radius 3 is 1.57 bits per heavy atom. The van der Waals surface area contributed by atoms with Crippen molar-refractivity contribution < 1.29 is 0 Å². The molecule has 14 aromatic rings. The molecule has 5 heterocycles. The smallest absolute Gasteiger partial charge is 0.165 e. The van der Waals surface area contributed by atoms with Crippen molar-refractivity contribution in [2.45, 2.75) is 0 Å². The van der Waals surface area contributed by atoms with E-state index in [0.717, 1.165) is 77.4 Å². The first-order chi connectivity index (χ1) is 38.1. The highest BCUT2D eigenvalue weighted by Gasteiger charge is 2.23. The first kappa shape index (κ1) is 44.5. The topological polar surface area (TPSA) is 51.8 Å². The second-order valence-electron chi connectivity index (χ2n) is 19.6. The van der Waals surface area contributed by atoms with Crippen LogP contribution < -0.4 is 4.90 Å². The van der Waals surface area contributed by atoms with Gasteiger partial charge >= 0.3 is 0 Å². The standard InChI is InChI=1S/C70H46N6S/c1-45-42-51(75-61-33-14-11-27-52(61)53-28-12-15-34-62(53)75)26-19-41-74(50-24-9-4-10-25-50)60-39-37-48(43-58(45)60)49-38-40-64-59(44-49)54-29-13-16-35-63(54)76(64)65-36-18-31-56-55-30-17-32-57(66(55)77-67(56)65)70-72-68(46-20-5-2-6-21-46)71-69(73-70)47-22-7-3-8-23-47/h2-40,42-44H,1,41H2/b26-19-,51-42+. The Balaban J connectivity index is 0.871. The summed E-state index contributed by atoms with van der Waals surface area (Å²) in [6, 6.07) is 84.3. The molecule has 0 saturated carbocycles. The number of aromatic nitrogens is 5. The van der Waals surface area contributed by atoms with Gasteiger partial charge in [0, 0.05) is 82.9 Å². The van der Waals surface area contributed by atoms with Gasteiger partial charge in [0.2, 0.25) is 0 Å². The van der Waals surface area contributed by atoms with Crippen molar-refractivity contribution in [2.75, 3.05) is 11.4 Å². The lowest BCUT2D eigenvalue weighted by atomic mass is 9.95. The molecule has 0 radical (unpaired) electrons. The van der Waals surface area contributed by atoms with E-state index in [-0.39, 0.29) is 0 Å². The number of para-hydroxylation sites is 4. The summed E-state index contributed by atoms with van der Waals surface area (Å²) < 4.78 is 7.17. The molecule has 0 N–H and O–H groups in total. The number of allylic oxidation sites excluding steroid dienone is 4. The zero-order valence-corrected chi connectivity index (χ0v) is 42.6. The molecule has 10 aromatic carbocycles. The van der Waals surface area contributed by atoms with Crippen molar-refractivity contribution in [2.24, 2.45) is 0 Å². The Hall–Kier alpha value is -9.95. The molecule has 0 saturated heterocycles. The average Bonchev–Trinajstić information content (AvgIpc) is 4.23. The van der Waals surface area contributed by atoms with E-state index in [1.807, 2.05) is 36.4 Å². The maximum Gasteiger partial charge on any atom is 0.165 e. The molecule has 7 heteroatoms. The third-order valence-electron chi connectivity index (χ3n) is 15.1. The van der Waals surface area contributed by atoms with Crippen molar-refractivity contribution in [3.63, 3.8) is 0 Å². The zero-order valence-electron chi connectivity index (χ0n) is 41.8. The predicted octanol–water partition coefficient (Wildman–Crippen LogP) is 18.4. The highest BCUT2D eigenvalue weighted by Crippen LogP contribution is 2.46. The summed E-state index contributed by atoms with van der Waals surface area (Å²) >= 11 is 1.80. The number of nitrogens with zero attached hydrogens (tertiary/aromatic N) is 6. The molecule has 1 aliphatic heterocycles. The number of fused-ring (bicyclic) bond motifs is 10. The van der Waals surface area contributed by atoms with Crippen molar-refractivity contribution in [3.8, 4) is 51.0 Å². The van der Waals surface area contributed by atoms with Crippen LogP contribution in [-0.2, 0) is 0 Å². The van der Waals surface area contributed by atoms with Crippen LogP contribution in [0.25, 0.3) is 126 Å². The summed E-state index contributed by atoms with van der Waals surface area (Å²) in [5, 5.41) is 7.21. The van der Waals surface area contributed by atoms with Crippen molar-refractivity contribution in [1.29, 1.82) is 0 Å². The van der Waals surface area contributed by atoms with Crippen LogP contribution in [0.2, 0.25) is 0 Å². The van der Waals surface area contributed by atoms with Crippen LogP contribution >= 0.6 is 11.3 Å². The van der Waals surface area contributed by atoms with Gasteiger partial charge in [-0.25, -0.2) is 15.0 Å². The van der Waals surface area contributed by atoms with E-state index in [9.17, 15) is 0 Å². The zero-order chi connectivity index (χ0) is 51.0. The minimum absolute atomic E-state index is 0.646. The quantitative estimate of drug-likeness (QED) is 0.160.